The van der Waals surface area contributed by atoms with E-state index < -0.39 is 11.9 Å². The van der Waals surface area contributed by atoms with Crippen LogP contribution >= 0.6 is 0 Å². The summed E-state index contributed by atoms with van der Waals surface area (Å²) in [7, 11) is 0. The maximum atomic E-state index is 11.5. The van der Waals surface area contributed by atoms with Gasteiger partial charge in [0.1, 0.15) is 5.82 Å². The van der Waals surface area contributed by atoms with E-state index in [1.54, 1.807) is 10.7 Å². The van der Waals surface area contributed by atoms with Gasteiger partial charge in [0.2, 0.25) is 5.91 Å². The molecule has 2 N–H and O–H groups in total. The molecule has 0 fully saturated rings. The third kappa shape index (κ3) is 1.83. The molecule has 0 radical (unpaired) electrons. The monoisotopic (exact) mass is 209 g/mol. The van der Waals surface area contributed by atoms with Crippen LogP contribution in [0.3, 0.4) is 0 Å². The van der Waals surface area contributed by atoms with Crippen molar-refractivity contribution in [1.29, 1.82) is 0 Å². The van der Waals surface area contributed by atoms with Gasteiger partial charge in [0.15, 0.2) is 0 Å². The lowest BCUT2D eigenvalue weighted by atomic mass is 10.0. The van der Waals surface area contributed by atoms with Crippen LogP contribution in [0.15, 0.2) is 6.07 Å². The maximum absolute atomic E-state index is 11.5. The molecule has 2 rings (SSSR count). The average molecular weight is 209 g/mol. The molecule has 0 saturated carbocycles. The van der Waals surface area contributed by atoms with Crippen LogP contribution in [0.1, 0.15) is 12.1 Å². The number of nitrogens with one attached hydrogen (secondary N) is 1. The van der Waals surface area contributed by atoms with E-state index in [4.69, 9.17) is 5.11 Å². The first-order valence-corrected chi connectivity index (χ1v) is 4.63. The average Bonchev–Trinajstić information content (AvgIpc) is 2.44. The van der Waals surface area contributed by atoms with Crippen LogP contribution in [-0.2, 0) is 16.1 Å². The minimum Gasteiger partial charge on any atom is -0.481 e. The predicted octanol–water partition coefficient (Wildman–Crippen LogP) is 0.235. The van der Waals surface area contributed by atoms with Gasteiger partial charge in [-0.1, -0.05) is 0 Å². The number of fused-ring (bicyclic) bond motifs is 1. The van der Waals surface area contributed by atoms with Crippen molar-refractivity contribution in [3.63, 3.8) is 0 Å². The number of hydrogen-bond donors (Lipinski definition) is 2. The summed E-state index contributed by atoms with van der Waals surface area (Å²) in [6.07, 6.45) is -0.163. The summed E-state index contributed by atoms with van der Waals surface area (Å²) in [5, 5.41) is 15.4. The van der Waals surface area contributed by atoms with E-state index in [1.807, 2.05) is 6.92 Å². The van der Waals surface area contributed by atoms with E-state index in [2.05, 4.69) is 10.4 Å². The SMILES string of the molecule is Cc1cc2n(n1)CC(CC(=O)O)C(=O)N2. The smallest absolute Gasteiger partial charge is 0.304 e. The second-order valence-electron chi connectivity index (χ2n) is 3.64. The number of carbonyl (C=O) groups excluding carboxylic acids is 1. The summed E-state index contributed by atoms with van der Waals surface area (Å²) in [5.74, 6) is -1.11. The highest BCUT2D eigenvalue weighted by molar-refractivity contribution is 5.94. The second-order valence-corrected chi connectivity index (χ2v) is 3.64. The molecule has 0 spiro atoms. The number of amides is 1. The number of aliphatic carboxylic acids is 1. The molecule has 1 aromatic heterocycles. The lowest BCUT2D eigenvalue weighted by molar-refractivity contribution is -0.140. The van der Waals surface area contributed by atoms with Crippen molar-refractivity contribution in [3.8, 4) is 0 Å². The third-order valence-electron chi connectivity index (χ3n) is 2.34. The molecule has 1 unspecified atom stereocenters. The van der Waals surface area contributed by atoms with Crippen LogP contribution in [0.25, 0.3) is 0 Å². The summed E-state index contributed by atoms with van der Waals surface area (Å²) >= 11 is 0. The van der Waals surface area contributed by atoms with Gasteiger partial charge in [-0.15, -0.1) is 0 Å². The normalized spacial score (nSPS) is 19.5. The fourth-order valence-electron chi connectivity index (χ4n) is 1.67. The lowest BCUT2D eigenvalue weighted by Gasteiger charge is -2.21. The molecule has 2 heterocycles. The molecule has 0 aliphatic carbocycles. The first kappa shape index (κ1) is 9.70. The number of carboxylic acids is 1. The Bertz CT molecular complexity index is 424. The summed E-state index contributed by atoms with van der Waals surface area (Å²) < 4.78 is 1.63. The summed E-state index contributed by atoms with van der Waals surface area (Å²) in [5.41, 5.74) is 0.807. The van der Waals surface area contributed by atoms with Crippen LogP contribution in [0.4, 0.5) is 5.82 Å². The van der Waals surface area contributed by atoms with E-state index in [1.165, 1.54) is 0 Å². The van der Waals surface area contributed by atoms with Crippen LogP contribution in [-0.4, -0.2) is 26.8 Å². The molecule has 1 amide bonds. The number of carbonyl (C=O) groups is 2. The minimum absolute atomic E-state index is 0.163. The van der Waals surface area contributed by atoms with Gasteiger partial charge in [0.25, 0.3) is 0 Å². The van der Waals surface area contributed by atoms with Gasteiger partial charge >= 0.3 is 5.97 Å². The van der Waals surface area contributed by atoms with Gasteiger partial charge in [0, 0.05) is 6.07 Å². The molecule has 6 nitrogen and oxygen atoms in total. The Labute approximate surface area is 85.9 Å². The van der Waals surface area contributed by atoms with Gasteiger partial charge in [-0.2, -0.15) is 5.10 Å². The minimum atomic E-state index is -0.970. The molecule has 15 heavy (non-hydrogen) atoms. The van der Waals surface area contributed by atoms with Crippen molar-refractivity contribution in [2.45, 2.75) is 19.9 Å². The highest BCUT2D eigenvalue weighted by atomic mass is 16.4. The zero-order valence-electron chi connectivity index (χ0n) is 8.23. The highest BCUT2D eigenvalue weighted by Crippen LogP contribution is 2.21. The topological polar surface area (TPSA) is 84.2 Å². The number of nitrogens with zero attached hydrogens (tertiary/aromatic N) is 2. The molecular formula is C9H11N3O3. The molecule has 80 valence electrons. The summed E-state index contributed by atoms with van der Waals surface area (Å²) in [6, 6.07) is 1.76. The number of aryl methyl sites for hydroxylation is 1. The van der Waals surface area contributed by atoms with E-state index in [-0.39, 0.29) is 12.3 Å². The molecule has 0 saturated heterocycles. The maximum Gasteiger partial charge on any atom is 0.304 e. The van der Waals surface area contributed by atoms with E-state index >= 15 is 0 Å². The first-order valence-electron chi connectivity index (χ1n) is 4.63. The molecule has 1 aliphatic rings. The van der Waals surface area contributed by atoms with Gasteiger partial charge in [-0.25, -0.2) is 4.68 Å². The van der Waals surface area contributed by atoms with Gasteiger partial charge < -0.3 is 10.4 Å². The quantitative estimate of drug-likeness (QED) is 0.730. The lowest BCUT2D eigenvalue weighted by Crippen LogP contribution is -2.34. The van der Waals surface area contributed by atoms with Gasteiger partial charge in [0.05, 0.1) is 24.6 Å². The van der Waals surface area contributed by atoms with Crippen LogP contribution < -0.4 is 5.32 Å². The van der Waals surface area contributed by atoms with Crippen molar-refractivity contribution in [2.75, 3.05) is 5.32 Å². The molecule has 1 aromatic rings. The van der Waals surface area contributed by atoms with Crippen molar-refractivity contribution >= 4 is 17.7 Å². The van der Waals surface area contributed by atoms with E-state index in [9.17, 15) is 9.59 Å². The molecular weight excluding hydrogens is 198 g/mol. The fraction of sp³-hybridized carbons (Fsp3) is 0.444. The highest BCUT2D eigenvalue weighted by Gasteiger charge is 2.28. The van der Waals surface area contributed by atoms with Crippen molar-refractivity contribution in [2.24, 2.45) is 5.92 Å². The molecule has 1 atom stereocenters. The van der Waals surface area contributed by atoms with Gasteiger partial charge in [-0.3, -0.25) is 9.59 Å². The molecule has 6 heteroatoms. The third-order valence-corrected chi connectivity index (χ3v) is 2.34. The predicted molar refractivity (Wildman–Crippen MR) is 51.3 cm³/mol. The Hall–Kier alpha value is -1.85. The Morgan fingerprint density at radius 1 is 1.80 bits per heavy atom. The molecule has 0 bridgehead atoms. The van der Waals surface area contributed by atoms with E-state index in [0.29, 0.717) is 12.4 Å². The fourth-order valence-corrected chi connectivity index (χ4v) is 1.67. The standard InChI is InChI=1S/C9H11N3O3/c1-5-2-7-10-9(15)6(3-8(13)14)4-12(7)11-5/h2,6H,3-4H2,1H3,(H,10,15)(H,13,14). The number of hydrogen-bond acceptors (Lipinski definition) is 3. The number of carboxylic acid groups (broad SMARTS) is 1. The van der Waals surface area contributed by atoms with Gasteiger partial charge in [-0.05, 0) is 6.92 Å². The number of rotatable bonds is 2. The number of anilines is 1. The molecule has 0 aromatic carbocycles. The zero-order chi connectivity index (χ0) is 11.0. The second kappa shape index (κ2) is 3.38. The Morgan fingerprint density at radius 3 is 3.20 bits per heavy atom. The van der Waals surface area contributed by atoms with Crippen molar-refractivity contribution in [1.82, 2.24) is 9.78 Å². The first-order chi connectivity index (χ1) is 7.06. The van der Waals surface area contributed by atoms with Crippen LogP contribution in [0, 0.1) is 12.8 Å². The number of aromatic nitrogens is 2. The Morgan fingerprint density at radius 2 is 2.53 bits per heavy atom. The summed E-state index contributed by atoms with van der Waals surface area (Å²) in [4.78, 5) is 22.0. The van der Waals surface area contributed by atoms with Crippen molar-refractivity contribution < 1.29 is 14.7 Å². The Kier molecular flexibility index (Phi) is 2.18. The zero-order valence-corrected chi connectivity index (χ0v) is 8.23. The van der Waals surface area contributed by atoms with Crippen molar-refractivity contribution in [3.05, 3.63) is 11.8 Å². The summed E-state index contributed by atoms with van der Waals surface area (Å²) in [6.45, 7) is 2.16. The van der Waals surface area contributed by atoms with Crippen LogP contribution in [0.5, 0.6) is 0 Å². The van der Waals surface area contributed by atoms with Crippen LogP contribution in [0.2, 0.25) is 0 Å². The Balaban J connectivity index is 2.21. The largest absolute Gasteiger partial charge is 0.481 e. The molecule has 1 aliphatic heterocycles. The van der Waals surface area contributed by atoms with E-state index in [0.717, 1.165) is 5.69 Å².